The van der Waals surface area contributed by atoms with E-state index in [4.69, 9.17) is 4.74 Å². The van der Waals surface area contributed by atoms with Gasteiger partial charge in [-0.15, -0.1) is 0 Å². The van der Waals surface area contributed by atoms with E-state index < -0.39 is 0 Å². The Morgan fingerprint density at radius 2 is 2.12 bits per heavy atom. The fraction of sp³-hybridized carbons (Fsp3) is 0.600. The number of benzene rings is 1. The van der Waals surface area contributed by atoms with E-state index in [1.807, 2.05) is 0 Å². The molecule has 0 bridgehead atoms. The van der Waals surface area contributed by atoms with E-state index in [-0.39, 0.29) is 0 Å². The molecule has 1 aromatic rings. The van der Waals surface area contributed by atoms with E-state index in [0.717, 1.165) is 25.9 Å². The zero-order valence-corrected chi connectivity index (χ0v) is 10.9. The van der Waals surface area contributed by atoms with Crippen LogP contribution >= 0.6 is 0 Å². The third-order valence-corrected chi connectivity index (χ3v) is 3.61. The minimum Gasteiger partial charge on any atom is -0.378 e. The second kappa shape index (κ2) is 6.18. The molecule has 0 aromatic heterocycles. The normalized spacial score (nSPS) is 26.7. The highest BCUT2D eigenvalue weighted by atomic mass is 16.5. The molecule has 0 aliphatic carbocycles. The van der Waals surface area contributed by atoms with Crippen molar-refractivity contribution < 1.29 is 4.74 Å². The fourth-order valence-corrected chi connectivity index (χ4v) is 2.51. The molecule has 0 saturated carbocycles. The predicted octanol–water partition coefficient (Wildman–Crippen LogP) is 3.29. The third kappa shape index (κ3) is 3.55. The van der Waals surface area contributed by atoms with Gasteiger partial charge in [0.2, 0.25) is 0 Å². The van der Waals surface area contributed by atoms with Gasteiger partial charge in [0.1, 0.15) is 0 Å². The van der Waals surface area contributed by atoms with Crippen LogP contribution in [-0.4, -0.2) is 18.8 Å². The van der Waals surface area contributed by atoms with Crippen molar-refractivity contribution in [3.05, 3.63) is 35.9 Å². The first-order chi connectivity index (χ1) is 8.29. The molecule has 1 aromatic carbocycles. The molecule has 3 unspecified atom stereocenters. The average Bonchev–Trinajstić information content (AvgIpc) is 2.40. The highest BCUT2D eigenvalue weighted by Gasteiger charge is 2.22. The summed E-state index contributed by atoms with van der Waals surface area (Å²) in [5, 5.41) is 3.72. The van der Waals surface area contributed by atoms with Crippen molar-refractivity contribution in [3.8, 4) is 0 Å². The first-order valence-corrected chi connectivity index (χ1v) is 6.72. The molecular weight excluding hydrogens is 210 g/mol. The molecule has 3 atom stereocenters. The lowest BCUT2D eigenvalue weighted by Crippen LogP contribution is -2.39. The maximum absolute atomic E-state index is 5.70. The molecule has 17 heavy (non-hydrogen) atoms. The van der Waals surface area contributed by atoms with Crippen LogP contribution in [0.25, 0.3) is 0 Å². The van der Waals surface area contributed by atoms with Crippen molar-refractivity contribution in [2.75, 3.05) is 6.61 Å². The maximum Gasteiger partial charge on any atom is 0.0587 e. The van der Waals surface area contributed by atoms with Gasteiger partial charge >= 0.3 is 0 Å². The predicted molar refractivity (Wildman–Crippen MR) is 71.0 cm³/mol. The smallest absolute Gasteiger partial charge is 0.0587 e. The van der Waals surface area contributed by atoms with Gasteiger partial charge in [-0.3, -0.25) is 0 Å². The van der Waals surface area contributed by atoms with Crippen molar-refractivity contribution in [3.63, 3.8) is 0 Å². The van der Waals surface area contributed by atoms with Crippen LogP contribution in [0, 0.1) is 0 Å². The molecule has 2 nitrogen and oxygen atoms in total. The molecule has 1 aliphatic heterocycles. The molecule has 2 rings (SSSR count). The van der Waals surface area contributed by atoms with E-state index in [9.17, 15) is 0 Å². The van der Waals surface area contributed by atoms with Gasteiger partial charge in [0.25, 0.3) is 0 Å². The summed E-state index contributed by atoms with van der Waals surface area (Å²) in [6.07, 6.45) is 3.85. The Kier molecular flexibility index (Phi) is 4.57. The number of ether oxygens (including phenoxy) is 1. The summed E-state index contributed by atoms with van der Waals surface area (Å²) in [7, 11) is 0. The number of hydrogen-bond acceptors (Lipinski definition) is 2. The number of nitrogens with one attached hydrogen (secondary N) is 1. The summed E-state index contributed by atoms with van der Waals surface area (Å²) in [5.41, 5.74) is 1.37. The van der Waals surface area contributed by atoms with Crippen molar-refractivity contribution in [1.82, 2.24) is 5.32 Å². The highest BCUT2D eigenvalue weighted by molar-refractivity contribution is 5.18. The summed E-state index contributed by atoms with van der Waals surface area (Å²) in [6, 6.07) is 11.7. The Bertz CT molecular complexity index is 325. The second-order valence-electron chi connectivity index (χ2n) is 4.92. The Labute approximate surface area is 104 Å². The minimum atomic E-state index is 0.428. The fourth-order valence-electron chi connectivity index (χ4n) is 2.51. The molecule has 1 N–H and O–H groups in total. The van der Waals surface area contributed by atoms with Crippen LogP contribution in [0.5, 0.6) is 0 Å². The summed E-state index contributed by atoms with van der Waals surface area (Å²) < 4.78 is 5.70. The Morgan fingerprint density at radius 3 is 2.82 bits per heavy atom. The quantitative estimate of drug-likeness (QED) is 0.861. The first kappa shape index (κ1) is 12.6. The summed E-state index contributed by atoms with van der Waals surface area (Å²) in [4.78, 5) is 0. The van der Waals surface area contributed by atoms with Gasteiger partial charge in [-0.1, -0.05) is 37.3 Å². The van der Waals surface area contributed by atoms with E-state index in [1.165, 1.54) is 5.56 Å². The van der Waals surface area contributed by atoms with Crippen LogP contribution in [0.2, 0.25) is 0 Å². The lowest BCUT2D eigenvalue weighted by atomic mass is 9.99. The Morgan fingerprint density at radius 1 is 1.35 bits per heavy atom. The van der Waals surface area contributed by atoms with Crippen molar-refractivity contribution >= 4 is 0 Å². The lowest BCUT2D eigenvalue weighted by Gasteiger charge is -2.31. The largest absolute Gasteiger partial charge is 0.378 e. The monoisotopic (exact) mass is 233 g/mol. The summed E-state index contributed by atoms with van der Waals surface area (Å²) >= 11 is 0. The minimum absolute atomic E-state index is 0.428. The average molecular weight is 233 g/mol. The van der Waals surface area contributed by atoms with Gasteiger partial charge < -0.3 is 10.1 Å². The molecule has 2 heteroatoms. The third-order valence-electron chi connectivity index (χ3n) is 3.61. The van der Waals surface area contributed by atoms with Gasteiger partial charge in [0, 0.05) is 18.7 Å². The standard InChI is InChI=1S/C15H23NO/c1-3-15-11-14(9-10-17-15)16-12(2)13-7-5-4-6-8-13/h4-8,12,14-16H,3,9-11H2,1-2H3. The van der Waals surface area contributed by atoms with Gasteiger partial charge in [-0.05, 0) is 31.7 Å². The topological polar surface area (TPSA) is 21.3 Å². The summed E-state index contributed by atoms with van der Waals surface area (Å²) in [6.45, 7) is 5.34. The molecule has 0 amide bonds. The van der Waals surface area contributed by atoms with Crippen molar-refractivity contribution in [2.24, 2.45) is 0 Å². The molecular formula is C15H23NO. The molecule has 1 aliphatic rings. The Balaban J connectivity index is 1.88. The zero-order valence-electron chi connectivity index (χ0n) is 10.9. The van der Waals surface area contributed by atoms with Crippen molar-refractivity contribution in [2.45, 2.75) is 51.3 Å². The maximum atomic E-state index is 5.70. The molecule has 1 heterocycles. The van der Waals surface area contributed by atoms with Crippen molar-refractivity contribution in [1.29, 1.82) is 0 Å². The molecule has 94 valence electrons. The first-order valence-electron chi connectivity index (χ1n) is 6.72. The van der Waals surface area contributed by atoms with Crippen LogP contribution in [-0.2, 0) is 4.74 Å². The van der Waals surface area contributed by atoms with E-state index >= 15 is 0 Å². The van der Waals surface area contributed by atoms with E-state index in [1.54, 1.807) is 0 Å². The molecule has 1 fully saturated rings. The SMILES string of the molecule is CCC1CC(NC(C)c2ccccc2)CCO1. The van der Waals surface area contributed by atoms with E-state index in [2.05, 4.69) is 49.5 Å². The number of rotatable bonds is 4. The van der Waals surface area contributed by atoms with Crippen LogP contribution in [0.1, 0.15) is 44.7 Å². The van der Waals surface area contributed by atoms with Crippen LogP contribution in [0.15, 0.2) is 30.3 Å². The number of hydrogen-bond donors (Lipinski definition) is 1. The van der Waals surface area contributed by atoms with Crippen LogP contribution < -0.4 is 5.32 Å². The van der Waals surface area contributed by atoms with E-state index in [0.29, 0.717) is 18.2 Å². The van der Waals surface area contributed by atoms with Gasteiger partial charge in [-0.25, -0.2) is 0 Å². The highest BCUT2D eigenvalue weighted by Crippen LogP contribution is 2.20. The lowest BCUT2D eigenvalue weighted by molar-refractivity contribution is -0.00165. The Hall–Kier alpha value is -0.860. The van der Waals surface area contributed by atoms with Gasteiger partial charge in [-0.2, -0.15) is 0 Å². The molecule has 0 radical (unpaired) electrons. The molecule has 0 spiro atoms. The zero-order chi connectivity index (χ0) is 12.1. The van der Waals surface area contributed by atoms with Gasteiger partial charge in [0.15, 0.2) is 0 Å². The second-order valence-corrected chi connectivity index (χ2v) is 4.92. The van der Waals surface area contributed by atoms with Gasteiger partial charge in [0.05, 0.1) is 6.10 Å². The summed E-state index contributed by atoms with van der Waals surface area (Å²) in [5.74, 6) is 0. The van der Waals surface area contributed by atoms with Crippen LogP contribution in [0.3, 0.4) is 0 Å². The molecule has 1 saturated heterocycles. The van der Waals surface area contributed by atoms with Crippen LogP contribution in [0.4, 0.5) is 0 Å².